The Kier molecular flexibility index (Phi) is 3.72. The van der Waals surface area contributed by atoms with Gasteiger partial charge in [0, 0.05) is 0 Å². The fourth-order valence-corrected chi connectivity index (χ4v) is 3.05. The Morgan fingerprint density at radius 1 is 1.00 bits per heavy atom. The van der Waals surface area contributed by atoms with Gasteiger partial charge < -0.3 is 4.74 Å². The number of halogens is 1. The highest BCUT2D eigenvalue weighted by atomic mass is 79.9. The van der Waals surface area contributed by atoms with E-state index < -0.39 is 0 Å². The van der Waals surface area contributed by atoms with E-state index in [9.17, 15) is 0 Å². The largest absolute Gasteiger partial charge is 0.372 e. The molecule has 0 amide bonds. The van der Waals surface area contributed by atoms with Crippen LogP contribution in [0.2, 0.25) is 0 Å². The molecule has 1 aliphatic rings. The van der Waals surface area contributed by atoms with Gasteiger partial charge in [0.15, 0.2) is 0 Å². The van der Waals surface area contributed by atoms with E-state index in [4.69, 9.17) is 4.74 Å². The predicted octanol–water partition coefficient (Wildman–Crippen LogP) is 4.76. The molecule has 98 valence electrons. The fraction of sp³-hybridized carbons (Fsp3) is 0.294. The average molecular weight is 317 g/mol. The van der Waals surface area contributed by atoms with E-state index in [2.05, 4.69) is 65.3 Å². The Morgan fingerprint density at radius 3 is 2.42 bits per heavy atom. The van der Waals surface area contributed by atoms with Gasteiger partial charge in [0.25, 0.3) is 0 Å². The van der Waals surface area contributed by atoms with Crippen LogP contribution in [0.3, 0.4) is 0 Å². The summed E-state index contributed by atoms with van der Waals surface area (Å²) in [6.45, 7) is 3.69. The maximum atomic E-state index is 5.47. The zero-order chi connectivity index (χ0) is 13.2. The van der Waals surface area contributed by atoms with Crippen LogP contribution in [0.5, 0.6) is 0 Å². The normalized spacial score (nSPS) is 15.3. The standard InChI is InChI=1S/C17H17BrO/c1-2-12-3-5-13(6-4-12)17(18)14-7-8-15-10-19-11-16(15)9-14/h3-9,17H,2,10-11H2,1H3. The first-order valence-corrected chi connectivity index (χ1v) is 7.62. The van der Waals surface area contributed by atoms with Gasteiger partial charge in [0.2, 0.25) is 0 Å². The Hall–Kier alpha value is -1.12. The monoisotopic (exact) mass is 316 g/mol. The molecule has 1 nitrogen and oxygen atoms in total. The van der Waals surface area contributed by atoms with Crippen LogP contribution in [0.15, 0.2) is 42.5 Å². The lowest BCUT2D eigenvalue weighted by Gasteiger charge is -2.12. The minimum absolute atomic E-state index is 0.254. The van der Waals surface area contributed by atoms with Gasteiger partial charge in [0.05, 0.1) is 18.0 Å². The maximum absolute atomic E-state index is 5.47. The van der Waals surface area contributed by atoms with Crippen molar-refractivity contribution in [1.29, 1.82) is 0 Å². The van der Waals surface area contributed by atoms with Crippen LogP contribution >= 0.6 is 15.9 Å². The smallest absolute Gasteiger partial charge is 0.0725 e. The lowest BCUT2D eigenvalue weighted by molar-refractivity contribution is 0.134. The second-order valence-electron chi connectivity index (χ2n) is 4.98. The number of ether oxygens (including phenoxy) is 1. The molecule has 0 saturated heterocycles. The summed E-state index contributed by atoms with van der Waals surface area (Å²) in [4.78, 5) is 0.254. The quantitative estimate of drug-likeness (QED) is 0.741. The fourth-order valence-electron chi connectivity index (χ4n) is 2.46. The molecule has 1 heterocycles. The van der Waals surface area contributed by atoms with Gasteiger partial charge in [-0.25, -0.2) is 0 Å². The molecule has 19 heavy (non-hydrogen) atoms. The van der Waals surface area contributed by atoms with Gasteiger partial charge in [-0.05, 0) is 34.2 Å². The summed E-state index contributed by atoms with van der Waals surface area (Å²) in [5.41, 5.74) is 6.63. The zero-order valence-corrected chi connectivity index (χ0v) is 12.6. The molecule has 0 saturated carbocycles. The number of aryl methyl sites for hydroxylation is 1. The molecule has 0 spiro atoms. The van der Waals surface area contributed by atoms with Crippen molar-refractivity contribution in [3.63, 3.8) is 0 Å². The minimum Gasteiger partial charge on any atom is -0.372 e. The summed E-state index contributed by atoms with van der Waals surface area (Å²) in [5, 5.41) is 0. The van der Waals surface area contributed by atoms with Crippen molar-refractivity contribution in [3.8, 4) is 0 Å². The topological polar surface area (TPSA) is 9.23 Å². The van der Waals surface area contributed by atoms with Gasteiger partial charge in [-0.3, -0.25) is 0 Å². The highest BCUT2D eigenvalue weighted by Crippen LogP contribution is 2.33. The summed E-state index contributed by atoms with van der Waals surface area (Å²) < 4.78 is 5.47. The number of hydrogen-bond donors (Lipinski definition) is 0. The van der Waals surface area contributed by atoms with Crippen molar-refractivity contribution >= 4 is 15.9 Å². The third-order valence-corrected chi connectivity index (χ3v) is 4.78. The highest BCUT2D eigenvalue weighted by molar-refractivity contribution is 9.09. The Balaban J connectivity index is 1.88. The van der Waals surface area contributed by atoms with Gasteiger partial charge in [-0.1, -0.05) is 65.3 Å². The van der Waals surface area contributed by atoms with E-state index >= 15 is 0 Å². The third kappa shape index (κ3) is 2.60. The van der Waals surface area contributed by atoms with Crippen LogP contribution in [0.1, 0.15) is 39.6 Å². The molecular weight excluding hydrogens is 300 g/mol. The molecule has 2 aromatic carbocycles. The summed E-state index contributed by atoms with van der Waals surface area (Å²) in [6.07, 6.45) is 1.09. The van der Waals surface area contributed by atoms with E-state index in [1.165, 1.54) is 27.8 Å². The van der Waals surface area contributed by atoms with E-state index in [1.54, 1.807) is 0 Å². The van der Waals surface area contributed by atoms with E-state index in [0.29, 0.717) is 0 Å². The first kappa shape index (κ1) is 12.9. The molecule has 0 N–H and O–H groups in total. The van der Waals surface area contributed by atoms with E-state index in [0.717, 1.165) is 19.6 Å². The highest BCUT2D eigenvalue weighted by Gasteiger charge is 2.15. The number of rotatable bonds is 3. The van der Waals surface area contributed by atoms with Crippen molar-refractivity contribution in [2.75, 3.05) is 0 Å². The van der Waals surface area contributed by atoms with Gasteiger partial charge in [-0.15, -0.1) is 0 Å². The maximum Gasteiger partial charge on any atom is 0.0725 e. The summed E-state index contributed by atoms with van der Waals surface area (Å²) >= 11 is 3.81. The third-order valence-electron chi connectivity index (χ3n) is 3.72. The summed E-state index contributed by atoms with van der Waals surface area (Å²) in [6, 6.07) is 15.5. The van der Waals surface area contributed by atoms with Crippen LogP contribution in [-0.2, 0) is 24.4 Å². The van der Waals surface area contributed by atoms with Crippen molar-refractivity contribution in [1.82, 2.24) is 0 Å². The molecule has 1 unspecified atom stereocenters. The molecular formula is C17H17BrO. The van der Waals surface area contributed by atoms with Gasteiger partial charge >= 0.3 is 0 Å². The molecule has 0 aromatic heterocycles. The van der Waals surface area contributed by atoms with Crippen molar-refractivity contribution in [2.24, 2.45) is 0 Å². The predicted molar refractivity (Wildman–Crippen MR) is 81.5 cm³/mol. The SMILES string of the molecule is CCc1ccc(C(Br)c2ccc3c(c2)COC3)cc1. The first-order chi connectivity index (χ1) is 9.28. The first-order valence-electron chi connectivity index (χ1n) is 6.70. The molecule has 0 fully saturated rings. The number of fused-ring (bicyclic) bond motifs is 1. The van der Waals surface area contributed by atoms with Crippen LogP contribution < -0.4 is 0 Å². The van der Waals surface area contributed by atoms with Crippen LogP contribution in [-0.4, -0.2) is 0 Å². The summed E-state index contributed by atoms with van der Waals surface area (Å²) in [5.74, 6) is 0. The minimum atomic E-state index is 0.254. The number of alkyl halides is 1. The molecule has 1 aliphatic heterocycles. The molecule has 0 aliphatic carbocycles. The lowest BCUT2D eigenvalue weighted by atomic mass is 9.99. The lowest BCUT2D eigenvalue weighted by Crippen LogP contribution is -1.95. The average Bonchev–Trinajstić information content (AvgIpc) is 2.94. The van der Waals surface area contributed by atoms with Crippen molar-refractivity contribution in [2.45, 2.75) is 31.4 Å². The summed E-state index contributed by atoms with van der Waals surface area (Å²) in [7, 11) is 0. The van der Waals surface area contributed by atoms with Gasteiger partial charge in [-0.2, -0.15) is 0 Å². The van der Waals surface area contributed by atoms with Crippen LogP contribution in [0, 0.1) is 0 Å². The van der Waals surface area contributed by atoms with Crippen LogP contribution in [0.4, 0.5) is 0 Å². The van der Waals surface area contributed by atoms with Crippen molar-refractivity contribution in [3.05, 3.63) is 70.3 Å². The van der Waals surface area contributed by atoms with Crippen LogP contribution in [0.25, 0.3) is 0 Å². The molecule has 0 radical (unpaired) electrons. The zero-order valence-electron chi connectivity index (χ0n) is 11.0. The molecule has 3 rings (SSSR count). The van der Waals surface area contributed by atoms with E-state index in [1.807, 2.05) is 0 Å². The number of benzene rings is 2. The molecule has 1 atom stereocenters. The Labute approximate surface area is 122 Å². The second-order valence-corrected chi connectivity index (χ2v) is 5.89. The number of hydrogen-bond acceptors (Lipinski definition) is 1. The molecule has 2 heteroatoms. The Bertz CT molecular complexity index is 574. The molecule has 0 bridgehead atoms. The van der Waals surface area contributed by atoms with E-state index in [-0.39, 0.29) is 4.83 Å². The second kappa shape index (κ2) is 5.48. The van der Waals surface area contributed by atoms with Crippen molar-refractivity contribution < 1.29 is 4.74 Å². The Morgan fingerprint density at radius 2 is 1.68 bits per heavy atom. The van der Waals surface area contributed by atoms with Gasteiger partial charge in [0.1, 0.15) is 0 Å². The molecule has 2 aromatic rings.